The molecular formula is C34H28N2O5S2V. The summed E-state index contributed by atoms with van der Waals surface area (Å²) in [6, 6.07) is 30.2. The molecule has 2 heterocycles. The first-order chi connectivity index (χ1) is 20.3. The molecule has 0 saturated carbocycles. The Hall–Kier alpha value is -4.12. The Bertz CT molecular complexity index is 1890. The fraction of sp³-hybridized carbons (Fsp3) is 0.118. The number of para-hydroxylation sites is 2. The van der Waals surface area contributed by atoms with E-state index < -0.39 is 0 Å². The molecule has 0 atom stereocenters. The smallest absolute Gasteiger partial charge is 2.00 e. The van der Waals surface area contributed by atoms with Crippen LogP contribution < -0.4 is 19.7 Å². The maximum Gasteiger partial charge on any atom is 4.00 e. The maximum absolute atomic E-state index is 12.6. The molecule has 4 aromatic carbocycles. The van der Waals surface area contributed by atoms with Crippen molar-refractivity contribution in [3.8, 4) is 45.5 Å². The van der Waals surface area contributed by atoms with E-state index in [0.717, 1.165) is 44.4 Å². The molecule has 6 aromatic rings. The van der Waals surface area contributed by atoms with E-state index in [1.54, 1.807) is 14.2 Å². The van der Waals surface area contributed by atoms with Gasteiger partial charge in [0.2, 0.25) is 0 Å². The maximum atomic E-state index is 12.6. The van der Waals surface area contributed by atoms with Gasteiger partial charge in [-0.05, 0) is 71.8 Å². The van der Waals surface area contributed by atoms with Crippen LogP contribution in [0.5, 0.6) is 23.0 Å². The number of hydrogen-bond donors (Lipinski definition) is 0. The predicted molar refractivity (Wildman–Crippen MR) is 171 cm³/mol. The molecule has 0 aliphatic heterocycles. The molecule has 0 unspecified atom stereocenters. The first-order valence-corrected chi connectivity index (χ1v) is 13.9. The largest absolute Gasteiger partial charge is 4.00 e. The number of rotatable bonds is 4. The molecule has 2 aromatic heterocycles. The molecule has 0 bridgehead atoms. The van der Waals surface area contributed by atoms with Gasteiger partial charge in [-0.3, -0.25) is 0 Å². The van der Waals surface area contributed by atoms with E-state index in [9.17, 15) is 10.2 Å². The fourth-order valence-electron chi connectivity index (χ4n) is 5.07. The molecule has 1 radical (unpaired) electrons. The Labute approximate surface area is 277 Å². The Morgan fingerprint density at radius 2 is 0.864 bits per heavy atom. The molecule has 221 valence electrons. The van der Waals surface area contributed by atoms with E-state index >= 15 is 0 Å². The summed E-state index contributed by atoms with van der Waals surface area (Å²) in [7, 11) is 7.01. The van der Waals surface area contributed by atoms with E-state index in [0.29, 0.717) is 20.4 Å². The summed E-state index contributed by atoms with van der Waals surface area (Å²) in [6.45, 7) is 0. The topological polar surface area (TPSA) is 103 Å². The van der Waals surface area contributed by atoms with Crippen molar-refractivity contribution in [2.24, 2.45) is 14.1 Å². The number of benzene rings is 4. The van der Waals surface area contributed by atoms with Crippen molar-refractivity contribution < 1.29 is 43.7 Å². The van der Waals surface area contributed by atoms with Crippen molar-refractivity contribution in [1.82, 2.24) is 9.13 Å². The molecule has 0 aliphatic rings. The summed E-state index contributed by atoms with van der Waals surface area (Å²) in [5.74, 6) is 1.29. The van der Waals surface area contributed by atoms with Gasteiger partial charge in [-0.15, -0.1) is 0 Å². The van der Waals surface area contributed by atoms with Gasteiger partial charge in [0.25, 0.3) is 0 Å². The summed E-state index contributed by atoms with van der Waals surface area (Å²) >= 11 is 10.7. The van der Waals surface area contributed by atoms with Crippen molar-refractivity contribution in [1.29, 1.82) is 0 Å². The number of aromatic nitrogens is 2. The number of aryl methyl sites for hydroxylation is 2. The SMILES string of the molecule is COc1ccc(-c2c([O-])c(=S)c3ccccc3n2C)cc1.COc1ccc(-c2c([O-])c(=S)c3ccccc3n2C)cc1.[O-2].[V+4]. The Balaban J connectivity index is 0.000000230. The van der Waals surface area contributed by atoms with Crippen LogP contribution in [-0.4, -0.2) is 23.4 Å². The van der Waals surface area contributed by atoms with E-state index in [-0.39, 0.29) is 35.5 Å². The zero-order valence-electron chi connectivity index (χ0n) is 24.4. The van der Waals surface area contributed by atoms with Crippen molar-refractivity contribution in [2.75, 3.05) is 14.2 Å². The van der Waals surface area contributed by atoms with E-state index in [1.807, 2.05) is 120 Å². The van der Waals surface area contributed by atoms with Gasteiger partial charge in [0.1, 0.15) is 11.5 Å². The summed E-state index contributed by atoms with van der Waals surface area (Å²) < 4.78 is 14.8. The van der Waals surface area contributed by atoms with E-state index in [4.69, 9.17) is 33.9 Å². The molecule has 6 rings (SSSR count). The molecule has 0 amide bonds. The van der Waals surface area contributed by atoms with Crippen LogP contribution in [0.4, 0.5) is 0 Å². The third kappa shape index (κ3) is 6.38. The number of methoxy groups -OCH3 is 2. The van der Waals surface area contributed by atoms with Gasteiger partial charge in [0.05, 0.1) is 14.2 Å². The van der Waals surface area contributed by atoms with E-state index in [2.05, 4.69) is 0 Å². The van der Waals surface area contributed by atoms with Crippen molar-refractivity contribution >= 4 is 46.2 Å². The number of nitrogens with zero attached hydrogens (tertiary/aromatic N) is 2. The van der Waals surface area contributed by atoms with Crippen LogP contribution in [0.15, 0.2) is 97.1 Å². The number of hydrogen-bond acceptors (Lipinski definition) is 6. The van der Waals surface area contributed by atoms with Crippen molar-refractivity contribution in [3.05, 3.63) is 106 Å². The molecule has 0 spiro atoms. The second kappa shape index (κ2) is 14.6. The molecular weight excluding hydrogens is 631 g/mol. The molecule has 7 nitrogen and oxygen atoms in total. The van der Waals surface area contributed by atoms with Crippen molar-refractivity contribution in [3.63, 3.8) is 0 Å². The first kappa shape index (κ1) is 34.4. The monoisotopic (exact) mass is 659 g/mol. The van der Waals surface area contributed by atoms with Crippen LogP contribution in [0.25, 0.3) is 44.3 Å². The van der Waals surface area contributed by atoms with Crippen LogP contribution in [0, 0.1) is 9.02 Å². The molecule has 0 aliphatic carbocycles. The standard InChI is InChI=1S/2C17H15NO2S.O.V/c2*1-18-14-6-4-3-5-13(14)17(21)16(19)15(18)11-7-9-12(20-2)10-8-11;;/h2*3-10,19H,1-2H3;;/q;;-2;+4/p-2. The van der Waals surface area contributed by atoms with Gasteiger partial charge in [-0.2, -0.15) is 0 Å². The number of pyridine rings is 2. The summed E-state index contributed by atoms with van der Waals surface area (Å²) in [5, 5.41) is 26.8. The van der Waals surface area contributed by atoms with Crippen molar-refractivity contribution in [2.45, 2.75) is 0 Å². The second-order valence-corrected chi connectivity index (χ2v) is 10.4. The minimum absolute atomic E-state index is 0. The van der Waals surface area contributed by atoms with Crippen LogP contribution in [0.2, 0.25) is 0 Å². The molecule has 0 N–H and O–H groups in total. The average Bonchev–Trinajstić information content (AvgIpc) is 3.04. The third-order valence-corrected chi connectivity index (χ3v) is 8.07. The normalized spacial score (nSPS) is 10.3. The van der Waals surface area contributed by atoms with Gasteiger partial charge < -0.3 is 34.3 Å². The Morgan fingerprint density at radius 3 is 1.18 bits per heavy atom. The van der Waals surface area contributed by atoms with Gasteiger partial charge in [-0.1, -0.05) is 72.3 Å². The molecule has 10 heteroatoms. The van der Waals surface area contributed by atoms with Crippen LogP contribution in [-0.2, 0) is 38.1 Å². The van der Waals surface area contributed by atoms with Crippen LogP contribution in [0.3, 0.4) is 0 Å². The van der Waals surface area contributed by atoms with Gasteiger partial charge in [-0.25, -0.2) is 0 Å². The Morgan fingerprint density at radius 1 is 0.545 bits per heavy atom. The average molecular weight is 660 g/mol. The predicted octanol–water partition coefficient (Wildman–Crippen LogP) is 7.19. The zero-order chi connectivity index (χ0) is 30.0. The third-order valence-electron chi connectivity index (χ3n) is 7.26. The first-order valence-electron chi connectivity index (χ1n) is 13.1. The van der Waals surface area contributed by atoms with Gasteiger partial charge in [0.15, 0.2) is 0 Å². The summed E-state index contributed by atoms with van der Waals surface area (Å²) in [4.78, 5) is 0. The van der Waals surface area contributed by atoms with Gasteiger partial charge >= 0.3 is 18.6 Å². The quantitative estimate of drug-likeness (QED) is 0.186. The summed E-state index contributed by atoms with van der Waals surface area (Å²) in [5.41, 5.74) is 4.77. The number of ether oxygens (including phenoxy) is 2. The van der Waals surface area contributed by atoms with E-state index in [1.165, 1.54) is 0 Å². The second-order valence-electron chi connectivity index (χ2n) is 9.62. The summed E-state index contributed by atoms with van der Waals surface area (Å²) in [6.07, 6.45) is 0. The molecule has 0 fully saturated rings. The van der Waals surface area contributed by atoms with Crippen LogP contribution in [0.1, 0.15) is 0 Å². The molecule has 44 heavy (non-hydrogen) atoms. The minimum atomic E-state index is -0.114. The van der Waals surface area contributed by atoms with Gasteiger partial charge in [0, 0.05) is 56.3 Å². The Kier molecular flexibility index (Phi) is 11.4. The fourth-order valence-corrected chi connectivity index (χ4v) is 5.61. The zero-order valence-corrected chi connectivity index (χ0v) is 27.5. The number of fused-ring (bicyclic) bond motifs is 2. The minimum Gasteiger partial charge on any atom is -2.00 e. The van der Waals surface area contributed by atoms with Crippen LogP contribution >= 0.6 is 24.4 Å². The molecule has 0 saturated heterocycles.